The number of likely N-dealkylation sites (N-methyl/N-ethyl adjacent to an activating group) is 1. The van der Waals surface area contributed by atoms with E-state index < -0.39 is 0 Å². The monoisotopic (exact) mass is 449 g/mol. The van der Waals surface area contributed by atoms with Crippen LogP contribution >= 0.6 is 0 Å². The van der Waals surface area contributed by atoms with Gasteiger partial charge in [0.05, 0.1) is 12.2 Å². The maximum atomic E-state index is 6.31. The van der Waals surface area contributed by atoms with Crippen molar-refractivity contribution in [1.82, 2.24) is 14.9 Å². The molecule has 0 aliphatic carbocycles. The van der Waals surface area contributed by atoms with Crippen LogP contribution in [0.25, 0.3) is 10.8 Å². The summed E-state index contributed by atoms with van der Waals surface area (Å²) in [6.45, 7) is 3.37. The molecule has 2 aliphatic heterocycles. The van der Waals surface area contributed by atoms with Gasteiger partial charge >= 0.3 is 6.01 Å². The molecule has 0 bridgehead atoms. The van der Waals surface area contributed by atoms with Crippen molar-refractivity contribution in [2.45, 2.75) is 31.8 Å². The van der Waals surface area contributed by atoms with Crippen LogP contribution < -0.4 is 20.1 Å². The summed E-state index contributed by atoms with van der Waals surface area (Å²) >= 11 is 0. The van der Waals surface area contributed by atoms with Gasteiger partial charge in [-0.05, 0) is 44.3 Å². The van der Waals surface area contributed by atoms with Crippen molar-refractivity contribution in [1.29, 1.82) is 0 Å². The van der Waals surface area contributed by atoms with Gasteiger partial charge in [-0.2, -0.15) is 9.97 Å². The number of nitrogens with two attached hydrogens (primary N) is 1. The zero-order chi connectivity index (χ0) is 22.8. The lowest BCUT2D eigenvalue weighted by molar-refractivity contribution is 0.0512. The van der Waals surface area contributed by atoms with Crippen LogP contribution in [0.2, 0.25) is 0 Å². The Hall–Kier alpha value is -3.10. The Morgan fingerprint density at radius 1 is 1.12 bits per heavy atom. The average Bonchev–Trinajstić information content (AvgIpc) is 3.25. The van der Waals surface area contributed by atoms with Gasteiger partial charge < -0.3 is 29.7 Å². The molecule has 2 aromatic carbocycles. The van der Waals surface area contributed by atoms with E-state index in [0.717, 1.165) is 54.0 Å². The third-order valence-corrected chi connectivity index (χ3v) is 6.65. The minimum atomic E-state index is 0.210. The van der Waals surface area contributed by atoms with Crippen LogP contribution in [-0.4, -0.2) is 61.6 Å². The van der Waals surface area contributed by atoms with Crippen molar-refractivity contribution in [2.75, 3.05) is 51.3 Å². The Kier molecular flexibility index (Phi) is 6.20. The summed E-state index contributed by atoms with van der Waals surface area (Å²) in [7, 11) is 3.76. The number of hydrogen-bond donors (Lipinski definition) is 1. The Morgan fingerprint density at radius 2 is 2.00 bits per heavy atom. The van der Waals surface area contributed by atoms with E-state index in [-0.39, 0.29) is 6.79 Å². The molecular weight excluding hydrogens is 418 g/mol. The number of ether oxygens (including phenoxy) is 3. The van der Waals surface area contributed by atoms with Gasteiger partial charge in [0.25, 0.3) is 0 Å². The van der Waals surface area contributed by atoms with E-state index in [0.29, 0.717) is 31.0 Å². The van der Waals surface area contributed by atoms with E-state index in [1.807, 2.05) is 12.1 Å². The molecule has 1 atom stereocenters. The summed E-state index contributed by atoms with van der Waals surface area (Å²) in [6, 6.07) is 13.2. The summed E-state index contributed by atoms with van der Waals surface area (Å²) in [6.07, 6.45) is 3.12. The standard InChI is InChI=1S/C25H31N5O3/c1-29-10-5-7-18(29)15-32-25-27-22-14-30(11-9-21(22)24(26)28-25)23-13-19(33-16-31-2)12-17-6-3-4-8-20(17)23/h3-4,6,8,12-13,18H,5,7,9-11,14-16H2,1-2H3,(H2,26,27,28)/t18-/m0/s1. The highest BCUT2D eigenvalue weighted by atomic mass is 16.7. The van der Waals surface area contributed by atoms with Crippen LogP contribution in [0.15, 0.2) is 36.4 Å². The van der Waals surface area contributed by atoms with Crippen molar-refractivity contribution in [2.24, 2.45) is 0 Å². The molecule has 0 unspecified atom stereocenters. The molecule has 1 aromatic heterocycles. The summed E-state index contributed by atoms with van der Waals surface area (Å²) in [5, 5.41) is 2.30. The lowest BCUT2D eigenvalue weighted by Gasteiger charge is -2.31. The van der Waals surface area contributed by atoms with Gasteiger partial charge in [0.15, 0.2) is 6.79 Å². The topological polar surface area (TPSA) is 86.0 Å². The number of aromatic nitrogens is 2. The second-order valence-corrected chi connectivity index (χ2v) is 8.79. The molecule has 3 aromatic rings. The van der Waals surface area contributed by atoms with Crippen LogP contribution in [0.3, 0.4) is 0 Å². The SMILES string of the molecule is COCOc1cc(N2CCc3c(N)nc(OC[C@@H]4CCCN4C)nc3C2)c2ccccc2c1. The number of rotatable bonds is 7. The Morgan fingerprint density at radius 3 is 2.82 bits per heavy atom. The molecule has 0 saturated carbocycles. The van der Waals surface area contributed by atoms with Crippen molar-refractivity contribution >= 4 is 22.3 Å². The van der Waals surface area contributed by atoms with Gasteiger partial charge in [-0.15, -0.1) is 0 Å². The highest BCUT2D eigenvalue weighted by molar-refractivity contribution is 5.95. The molecule has 3 heterocycles. The Labute approximate surface area is 194 Å². The first kappa shape index (κ1) is 21.7. The Bertz CT molecular complexity index is 1140. The third kappa shape index (κ3) is 4.54. The van der Waals surface area contributed by atoms with Crippen molar-refractivity contribution in [3.05, 3.63) is 47.7 Å². The summed E-state index contributed by atoms with van der Waals surface area (Å²) in [4.78, 5) is 13.9. The molecule has 174 valence electrons. The highest BCUT2D eigenvalue weighted by Crippen LogP contribution is 2.35. The fourth-order valence-electron chi connectivity index (χ4n) is 4.80. The summed E-state index contributed by atoms with van der Waals surface area (Å²) < 4.78 is 16.9. The number of benzene rings is 2. The molecule has 33 heavy (non-hydrogen) atoms. The highest BCUT2D eigenvalue weighted by Gasteiger charge is 2.25. The number of fused-ring (bicyclic) bond motifs is 2. The van der Waals surface area contributed by atoms with Crippen LogP contribution in [0, 0.1) is 0 Å². The van der Waals surface area contributed by atoms with Crippen LogP contribution in [0.5, 0.6) is 11.8 Å². The Balaban J connectivity index is 1.41. The molecule has 2 aliphatic rings. The molecule has 8 nitrogen and oxygen atoms in total. The quantitative estimate of drug-likeness (QED) is 0.550. The second kappa shape index (κ2) is 9.41. The molecule has 0 spiro atoms. The van der Waals surface area contributed by atoms with Gasteiger partial charge in [0.1, 0.15) is 18.2 Å². The molecule has 0 amide bonds. The molecule has 1 saturated heterocycles. The normalized spacial score (nSPS) is 18.5. The van der Waals surface area contributed by atoms with Gasteiger partial charge in [0, 0.05) is 42.4 Å². The molecule has 2 N–H and O–H groups in total. The molecular formula is C25H31N5O3. The number of nitrogen functional groups attached to an aromatic ring is 1. The van der Waals surface area contributed by atoms with Crippen LogP contribution in [-0.2, 0) is 17.7 Å². The minimum absolute atomic E-state index is 0.210. The van der Waals surface area contributed by atoms with Gasteiger partial charge in [-0.1, -0.05) is 24.3 Å². The first-order chi connectivity index (χ1) is 16.1. The number of hydrogen-bond acceptors (Lipinski definition) is 8. The lowest BCUT2D eigenvalue weighted by Crippen LogP contribution is -2.33. The van der Waals surface area contributed by atoms with Gasteiger partial charge in [-0.3, -0.25) is 0 Å². The van der Waals surface area contributed by atoms with Crippen LogP contribution in [0.1, 0.15) is 24.1 Å². The number of nitrogens with zero attached hydrogens (tertiary/aromatic N) is 4. The number of anilines is 2. The smallest absolute Gasteiger partial charge is 0.318 e. The lowest BCUT2D eigenvalue weighted by atomic mass is 10.0. The van der Waals surface area contributed by atoms with E-state index in [1.165, 1.54) is 11.8 Å². The predicted octanol–water partition coefficient (Wildman–Crippen LogP) is 3.23. The summed E-state index contributed by atoms with van der Waals surface area (Å²) in [5.74, 6) is 1.31. The van der Waals surface area contributed by atoms with E-state index in [9.17, 15) is 0 Å². The zero-order valence-electron chi connectivity index (χ0n) is 19.3. The van der Waals surface area contributed by atoms with E-state index in [1.54, 1.807) is 7.11 Å². The third-order valence-electron chi connectivity index (χ3n) is 6.65. The van der Waals surface area contributed by atoms with Gasteiger partial charge in [-0.25, -0.2) is 0 Å². The number of likely N-dealkylation sites (tertiary alicyclic amines) is 1. The first-order valence-electron chi connectivity index (χ1n) is 11.5. The summed E-state index contributed by atoms with van der Waals surface area (Å²) in [5.41, 5.74) is 9.37. The van der Waals surface area contributed by atoms with E-state index >= 15 is 0 Å². The molecule has 5 rings (SSSR count). The predicted molar refractivity (Wildman–Crippen MR) is 129 cm³/mol. The van der Waals surface area contributed by atoms with Crippen molar-refractivity contribution < 1.29 is 14.2 Å². The molecule has 8 heteroatoms. The molecule has 0 radical (unpaired) electrons. The van der Waals surface area contributed by atoms with Gasteiger partial charge in [0.2, 0.25) is 0 Å². The van der Waals surface area contributed by atoms with Crippen molar-refractivity contribution in [3.63, 3.8) is 0 Å². The van der Waals surface area contributed by atoms with E-state index in [2.05, 4.69) is 46.1 Å². The minimum Gasteiger partial charge on any atom is -0.467 e. The fraction of sp³-hybridized carbons (Fsp3) is 0.440. The maximum absolute atomic E-state index is 6.31. The zero-order valence-corrected chi connectivity index (χ0v) is 19.3. The van der Waals surface area contributed by atoms with E-state index in [4.69, 9.17) is 24.9 Å². The first-order valence-corrected chi connectivity index (χ1v) is 11.5. The average molecular weight is 450 g/mol. The van der Waals surface area contributed by atoms with Crippen molar-refractivity contribution in [3.8, 4) is 11.8 Å². The fourth-order valence-corrected chi connectivity index (χ4v) is 4.80. The maximum Gasteiger partial charge on any atom is 0.318 e. The molecule has 1 fully saturated rings. The second-order valence-electron chi connectivity index (χ2n) is 8.79. The number of methoxy groups -OCH3 is 1. The van der Waals surface area contributed by atoms with Crippen LogP contribution in [0.4, 0.5) is 11.5 Å². The largest absolute Gasteiger partial charge is 0.467 e.